The quantitative estimate of drug-likeness (QED) is 0.415. The normalized spacial score (nSPS) is 12.9. The molecule has 0 spiro atoms. The van der Waals surface area contributed by atoms with E-state index in [2.05, 4.69) is 22.3 Å². The highest BCUT2D eigenvalue weighted by Crippen LogP contribution is 2.32. The summed E-state index contributed by atoms with van der Waals surface area (Å²) in [6, 6.07) is 20.8. The number of halogens is 2. The molecular formula is C25H25Cl2N3O3S. The Morgan fingerprint density at radius 2 is 1.74 bits per heavy atom. The van der Waals surface area contributed by atoms with Crippen LogP contribution in [0.2, 0.25) is 10.0 Å². The Labute approximate surface area is 210 Å². The lowest BCUT2D eigenvalue weighted by molar-refractivity contribution is -0.119. The third-order valence-electron chi connectivity index (χ3n) is 5.71. The second kappa shape index (κ2) is 10.7. The molecule has 0 radical (unpaired) electrons. The van der Waals surface area contributed by atoms with Crippen LogP contribution in [0.4, 0.5) is 11.4 Å². The maximum absolute atomic E-state index is 13.4. The molecule has 0 fully saturated rings. The summed E-state index contributed by atoms with van der Waals surface area (Å²) < 4.78 is 27.8. The molecule has 6 nitrogen and oxygen atoms in total. The molecule has 1 amide bonds. The highest BCUT2D eigenvalue weighted by Gasteiger charge is 2.28. The first-order valence-electron chi connectivity index (χ1n) is 11.0. The smallest absolute Gasteiger partial charge is 0.264 e. The maximum Gasteiger partial charge on any atom is 0.264 e. The standard InChI is InChI=1S/C25H25Cl2N3O3S/c26-20-11-12-24(22(27)17-20)30(34(32,33)21-8-2-1-3-9-21)18-25(31)28-14-6-15-29-16-13-19-7-4-5-10-23(19)29/h1-5,7-12,17H,6,13-16,18H2,(H,28,31). The molecule has 34 heavy (non-hydrogen) atoms. The van der Waals surface area contributed by atoms with Crippen molar-refractivity contribution in [1.29, 1.82) is 0 Å². The van der Waals surface area contributed by atoms with Gasteiger partial charge >= 0.3 is 0 Å². The fraction of sp³-hybridized carbons (Fsp3) is 0.240. The van der Waals surface area contributed by atoms with E-state index in [0.29, 0.717) is 11.6 Å². The van der Waals surface area contributed by atoms with Crippen LogP contribution in [0, 0.1) is 0 Å². The van der Waals surface area contributed by atoms with Crippen molar-refractivity contribution >= 4 is 50.5 Å². The number of nitrogens with one attached hydrogen (secondary N) is 1. The summed E-state index contributed by atoms with van der Waals surface area (Å²) in [5.41, 5.74) is 2.78. The van der Waals surface area contributed by atoms with Gasteiger partial charge < -0.3 is 10.2 Å². The molecule has 178 valence electrons. The zero-order chi connectivity index (χ0) is 24.1. The van der Waals surface area contributed by atoms with Gasteiger partial charge in [-0.15, -0.1) is 0 Å². The van der Waals surface area contributed by atoms with E-state index in [1.807, 2.05) is 12.1 Å². The van der Waals surface area contributed by atoms with Gasteiger partial charge in [0.25, 0.3) is 10.0 Å². The molecule has 0 bridgehead atoms. The van der Waals surface area contributed by atoms with Crippen LogP contribution in [0.5, 0.6) is 0 Å². The SMILES string of the molecule is O=C(CN(c1ccc(Cl)cc1Cl)S(=O)(=O)c1ccccc1)NCCCN1CCc2ccccc21. The molecule has 3 aromatic carbocycles. The lowest BCUT2D eigenvalue weighted by Gasteiger charge is -2.25. The summed E-state index contributed by atoms with van der Waals surface area (Å²) in [6.07, 6.45) is 1.77. The van der Waals surface area contributed by atoms with Gasteiger partial charge in [0.05, 0.1) is 15.6 Å². The molecule has 0 saturated carbocycles. The summed E-state index contributed by atoms with van der Waals surface area (Å²) in [7, 11) is -4.02. The zero-order valence-corrected chi connectivity index (χ0v) is 20.8. The minimum absolute atomic E-state index is 0.0708. The van der Waals surface area contributed by atoms with Crippen molar-refractivity contribution in [3.05, 3.63) is 88.4 Å². The Hall–Kier alpha value is -2.74. The van der Waals surface area contributed by atoms with Crippen molar-refractivity contribution in [1.82, 2.24) is 5.32 Å². The van der Waals surface area contributed by atoms with Crippen LogP contribution in [-0.4, -0.2) is 40.5 Å². The molecule has 3 aromatic rings. The maximum atomic E-state index is 13.4. The molecule has 9 heteroatoms. The number of anilines is 2. The summed E-state index contributed by atoms with van der Waals surface area (Å²) in [6.45, 7) is 1.81. The average molecular weight is 518 g/mol. The number of sulfonamides is 1. The lowest BCUT2D eigenvalue weighted by Crippen LogP contribution is -2.41. The zero-order valence-electron chi connectivity index (χ0n) is 18.5. The van der Waals surface area contributed by atoms with Gasteiger partial charge in [0.15, 0.2) is 0 Å². The summed E-state index contributed by atoms with van der Waals surface area (Å²) in [5, 5.41) is 3.36. The molecule has 1 N–H and O–H groups in total. The molecule has 1 heterocycles. The second-order valence-corrected chi connectivity index (χ2v) is 10.7. The number of fused-ring (bicyclic) bond motifs is 1. The van der Waals surface area contributed by atoms with Crippen LogP contribution in [0.15, 0.2) is 77.7 Å². The molecule has 0 unspecified atom stereocenters. The number of nitrogens with zero attached hydrogens (tertiary/aromatic N) is 2. The van der Waals surface area contributed by atoms with E-state index in [0.717, 1.165) is 30.2 Å². The predicted molar refractivity (Wildman–Crippen MR) is 137 cm³/mol. The lowest BCUT2D eigenvalue weighted by atomic mass is 10.2. The fourth-order valence-corrected chi connectivity index (χ4v) is 6.05. The van der Waals surface area contributed by atoms with Crippen LogP contribution in [0.3, 0.4) is 0 Å². The van der Waals surface area contributed by atoms with Crippen molar-refractivity contribution in [2.24, 2.45) is 0 Å². The van der Waals surface area contributed by atoms with Gasteiger partial charge in [0.1, 0.15) is 6.54 Å². The fourth-order valence-electron chi connectivity index (χ4n) is 4.03. The van der Waals surface area contributed by atoms with Crippen LogP contribution >= 0.6 is 23.2 Å². The number of hydrogen-bond acceptors (Lipinski definition) is 4. The van der Waals surface area contributed by atoms with Gasteiger partial charge in [0, 0.05) is 30.3 Å². The van der Waals surface area contributed by atoms with Crippen LogP contribution in [-0.2, 0) is 21.2 Å². The van der Waals surface area contributed by atoms with Gasteiger partial charge in [-0.25, -0.2) is 8.42 Å². The Balaban J connectivity index is 1.42. The van der Waals surface area contributed by atoms with E-state index in [1.54, 1.807) is 24.3 Å². The number of benzene rings is 3. The predicted octanol–water partition coefficient (Wildman–Crippen LogP) is 4.76. The van der Waals surface area contributed by atoms with Gasteiger partial charge in [-0.1, -0.05) is 59.6 Å². The first kappa shape index (κ1) is 24.4. The van der Waals surface area contributed by atoms with Crippen molar-refractivity contribution in [3.8, 4) is 0 Å². The van der Waals surface area contributed by atoms with Gasteiger partial charge in [0.2, 0.25) is 5.91 Å². The Morgan fingerprint density at radius 1 is 1.00 bits per heavy atom. The Kier molecular flexibility index (Phi) is 7.66. The topological polar surface area (TPSA) is 69.7 Å². The van der Waals surface area contributed by atoms with Crippen molar-refractivity contribution in [2.45, 2.75) is 17.7 Å². The summed E-state index contributed by atoms with van der Waals surface area (Å²) >= 11 is 12.3. The number of amides is 1. The van der Waals surface area contributed by atoms with Crippen molar-refractivity contribution in [3.63, 3.8) is 0 Å². The number of carbonyl (C=O) groups excluding carboxylic acids is 1. The molecular weight excluding hydrogens is 493 g/mol. The van der Waals surface area contributed by atoms with E-state index in [1.165, 1.54) is 35.5 Å². The van der Waals surface area contributed by atoms with Crippen molar-refractivity contribution < 1.29 is 13.2 Å². The number of carbonyl (C=O) groups is 1. The minimum Gasteiger partial charge on any atom is -0.371 e. The number of rotatable bonds is 9. The van der Waals surface area contributed by atoms with Gasteiger partial charge in [-0.3, -0.25) is 9.10 Å². The van der Waals surface area contributed by atoms with E-state index >= 15 is 0 Å². The van der Waals surface area contributed by atoms with E-state index in [-0.39, 0.29) is 15.6 Å². The van der Waals surface area contributed by atoms with E-state index in [9.17, 15) is 13.2 Å². The molecule has 0 aliphatic carbocycles. The molecule has 0 saturated heterocycles. The van der Waals surface area contributed by atoms with E-state index < -0.39 is 22.5 Å². The molecule has 1 aliphatic rings. The molecule has 0 aromatic heterocycles. The summed E-state index contributed by atoms with van der Waals surface area (Å²) in [4.78, 5) is 15.2. The minimum atomic E-state index is -4.02. The first-order valence-corrected chi connectivity index (χ1v) is 13.2. The number of para-hydroxylation sites is 1. The Morgan fingerprint density at radius 3 is 2.50 bits per heavy atom. The molecule has 0 atom stereocenters. The Bertz CT molecular complexity index is 1270. The van der Waals surface area contributed by atoms with E-state index in [4.69, 9.17) is 23.2 Å². The third-order valence-corrected chi connectivity index (χ3v) is 8.02. The molecule has 4 rings (SSSR count). The van der Waals surface area contributed by atoms with Gasteiger partial charge in [-0.05, 0) is 54.8 Å². The number of hydrogen-bond donors (Lipinski definition) is 1. The largest absolute Gasteiger partial charge is 0.371 e. The first-order chi connectivity index (χ1) is 16.4. The van der Waals surface area contributed by atoms with Crippen molar-refractivity contribution in [2.75, 3.05) is 35.4 Å². The van der Waals surface area contributed by atoms with Crippen LogP contribution in [0.25, 0.3) is 0 Å². The highest BCUT2D eigenvalue weighted by atomic mass is 35.5. The van der Waals surface area contributed by atoms with Crippen LogP contribution in [0.1, 0.15) is 12.0 Å². The monoisotopic (exact) mass is 517 g/mol. The third kappa shape index (κ3) is 5.49. The van der Waals surface area contributed by atoms with Gasteiger partial charge in [-0.2, -0.15) is 0 Å². The highest BCUT2D eigenvalue weighted by molar-refractivity contribution is 7.92. The van der Waals surface area contributed by atoms with Crippen LogP contribution < -0.4 is 14.5 Å². The second-order valence-electron chi connectivity index (χ2n) is 7.99. The average Bonchev–Trinajstić information content (AvgIpc) is 3.24. The summed E-state index contributed by atoms with van der Waals surface area (Å²) in [5.74, 6) is -0.410. The molecule has 1 aliphatic heterocycles.